The van der Waals surface area contributed by atoms with Gasteiger partial charge in [-0.05, 0) is 43.8 Å². The number of carbonyl (C=O) groups is 1. The van der Waals surface area contributed by atoms with Crippen LogP contribution in [0, 0.1) is 6.92 Å². The largest absolute Gasteiger partial charge is 0.416 e. The maximum atomic E-state index is 13.6. The lowest BCUT2D eigenvalue weighted by Crippen LogP contribution is -2.40. The summed E-state index contributed by atoms with van der Waals surface area (Å²) in [5.74, 6) is -0.947. The van der Waals surface area contributed by atoms with Crippen LogP contribution in [0.3, 0.4) is 0 Å². The molecule has 1 saturated heterocycles. The number of nitrogens with zero attached hydrogens (tertiary/aromatic N) is 4. The lowest BCUT2D eigenvalue weighted by atomic mass is 9.90. The second-order valence-corrected chi connectivity index (χ2v) is 8.87. The van der Waals surface area contributed by atoms with Crippen LogP contribution < -0.4 is 5.32 Å². The molecule has 2 N–H and O–H groups in total. The minimum atomic E-state index is -4.47. The van der Waals surface area contributed by atoms with Gasteiger partial charge in [0.25, 0.3) is 5.91 Å². The molecule has 1 aromatic carbocycles. The van der Waals surface area contributed by atoms with Crippen molar-refractivity contribution in [3.63, 3.8) is 0 Å². The van der Waals surface area contributed by atoms with Gasteiger partial charge < -0.3 is 10.2 Å². The Morgan fingerprint density at radius 2 is 1.94 bits per heavy atom. The normalized spacial score (nSPS) is 18.8. The van der Waals surface area contributed by atoms with E-state index >= 15 is 0 Å². The Morgan fingerprint density at radius 3 is 2.71 bits per heavy atom. The molecule has 4 heterocycles. The number of hydrogen-bond donors (Lipinski definition) is 2. The van der Waals surface area contributed by atoms with Crippen molar-refractivity contribution in [3.8, 4) is 11.3 Å². The third-order valence-corrected chi connectivity index (χ3v) is 6.33. The number of rotatable bonds is 4. The number of carbonyl (C=O) groups excluding carboxylic acids is 1. The minimum Gasteiger partial charge on any atom is -0.346 e. The molecule has 0 radical (unpaired) electrons. The molecule has 2 unspecified atom stereocenters. The van der Waals surface area contributed by atoms with Gasteiger partial charge in [-0.1, -0.05) is 18.2 Å². The highest BCUT2D eigenvalue weighted by molar-refractivity contribution is 5.99. The molecule has 7 nitrogen and oxygen atoms in total. The van der Waals surface area contributed by atoms with Gasteiger partial charge in [-0.25, -0.2) is 0 Å². The van der Waals surface area contributed by atoms with E-state index in [1.54, 1.807) is 24.5 Å². The summed E-state index contributed by atoms with van der Waals surface area (Å²) in [6.45, 7) is 2.72. The van der Waals surface area contributed by atoms with Crippen LogP contribution in [0.15, 0.2) is 54.9 Å². The molecular weight excluding hydrogens is 457 g/mol. The number of aromatic amines is 1. The molecule has 180 valence electrons. The van der Waals surface area contributed by atoms with E-state index < -0.39 is 29.6 Å². The van der Waals surface area contributed by atoms with Crippen LogP contribution in [-0.2, 0) is 6.18 Å². The smallest absolute Gasteiger partial charge is 0.346 e. The lowest BCUT2D eigenvalue weighted by molar-refractivity contribution is -0.138. The van der Waals surface area contributed by atoms with Crippen molar-refractivity contribution >= 4 is 16.8 Å². The van der Waals surface area contributed by atoms with Crippen molar-refractivity contribution in [2.24, 2.45) is 0 Å². The van der Waals surface area contributed by atoms with Gasteiger partial charge in [-0.15, -0.1) is 0 Å². The van der Waals surface area contributed by atoms with Crippen LogP contribution in [0.25, 0.3) is 22.2 Å². The van der Waals surface area contributed by atoms with Crippen molar-refractivity contribution in [1.82, 2.24) is 30.4 Å². The molecule has 0 bridgehead atoms. The van der Waals surface area contributed by atoms with Crippen molar-refractivity contribution in [1.29, 1.82) is 0 Å². The Balaban J connectivity index is 1.40. The highest BCUT2D eigenvalue weighted by Gasteiger charge is 2.40. The average molecular weight is 480 g/mol. The number of halogens is 3. The first-order valence-electron chi connectivity index (χ1n) is 11.1. The van der Waals surface area contributed by atoms with Gasteiger partial charge >= 0.3 is 6.18 Å². The summed E-state index contributed by atoms with van der Waals surface area (Å²) in [7, 11) is 1.83. The summed E-state index contributed by atoms with van der Waals surface area (Å²) >= 11 is 0. The molecule has 1 fully saturated rings. The number of amides is 1. The molecule has 3 aromatic heterocycles. The Morgan fingerprint density at radius 1 is 1.14 bits per heavy atom. The molecular formula is C25H23F3N6O. The second kappa shape index (κ2) is 8.77. The Labute approximate surface area is 199 Å². The number of likely N-dealkylation sites (N-methyl/N-ethyl adjacent to an activating group) is 1. The molecule has 4 aromatic rings. The number of alkyl halides is 3. The number of aromatic nitrogens is 4. The first kappa shape index (κ1) is 23.0. The van der Waals surface area contributed by atoms with Crippen LogP contribution >= 0.6 is 0 Å². The maximum Gasteiger partial charge on any atom is 0.416 e. The van der Waals surface area contributed by atoms with Gasteiger partial charge in [0.1, 0.15) is 11.4 Å². The maximum absolute atomic E-state index is 13.6. The summed E-state index contributed by atoms with van der Waals surface area (Å²) in [5, 5.41) is 11.0. The third-order valence-electron chi connectivity index (χ3n) is 6.33. The Kier molecular flexibility index (Phi) is 5.76. The molecule has 10 heteroatoms. The fraction of sp³-hybridized carbons (Fsp3) is 0.280. The number of aryl methyl sites for hydroxylation is 1. The van der Waals surface area contributed by atoms with Crippen LogP contribution in [0.5, 0.6) is 0 Å². The Hall–Kier alpha value is -3.79. The van der Waals surface area contributed by atoms with Crippen molar-refractivity contribution in [3.05, 3.63) is 77.4 Å². The molecule has 0 aliphatic carbocycles. The molecule has 0 spiro atoms. The highest BCUT2D eigenvalue weighted by Crippen LogP contribution is 2.38. The van der Waals surface area contributed by atoms with E-state index in [1.807, 2.05) is 31.0 Å². The van der Waals surface area contributed by atoms with E-state index in [2.05, 4.69) is 25.5 Å². The van der Waals surface area contributed by atoms with E-state index in [0.29, 0.717) is 24.3 Å². The first-order chi connectivity index (χ1) is 16.7. The van der Waals surface area contributed by atoms with Gasteiger partial charge in [0, 0.05) is 54.1 Å². The van der Waals surface area contributed by atoms with E-state index in [-0.39, 0.29) is 11.3 Å². The molecule has 1 aliphatic rings. The zero-order chi connectivity index (χ0) is 24.7. The fourth-order valence-corrected chi connectivity index (χ4v) is 4.73. The number of benzene rings is 1. The van der Waals surface area contributed by atoms with Gasteiger partial charge in [-0.3, -0.25) is 19.9 Å². The van der Waals surface area contributed by atoms with E-state index in [1.165, 1.54) is 12.1 Å². The quantitative estimate of drug-likeness (QED) is 0.458. The highest BCUT2D eigenvalue weighted by atomic mass is 19.4. The van der Waals surface area contributed by atoms with Crippen molar-refractivity contribution < 1.29 is 18.0 Å². The number of pyridine rings is 2. The zero-order valence-electron chi connectivity index (χ0n) is 19.1. The molecule has 0 saturated carbocycles. The number of likely N-dealkylation sites (tertiary alicyclic amines) is 1. The average Bonchev–Trinajstić information content (AvgIpc) is 3.41. The van der Waals surface area contributed by atoms with Crippen LogP contribution in [0.1, 0.15) is 33.2 Å². The molecule has 5 rings (SSSR count). The summed E-state index contributed by atoms with van der Waals surface area (Å²) in [6, 6.07) is 10.4. The van der Waals surface area contributed by atoms with Crippen LogP contribution in [-0.4, -0.2) is 57.2 Å². The predicted molar refractivity (Wildman–Crippen MR) is 125 cm³/mol. The molecule has 1 aliphatic heterocycles. The first-order valence-corrected chi connectivity index (χ1v) is 11.1. The Bertz CT molecular complexity index is 1400. The van der Waals surface area contributed by atoms with Crippen LogP contribution in [0.2, 0.25) is 0 Å². The van der Waals surface area contributed by atoms with E-state index in [4.69, 9.17) is 0 Å². The number of hydrogen-bond acceptors (Lipinski definition) is 5. The summed E-state index contributed by atoms with van der Waals surface area (Å²) < 4.78 is 40.9. The number of nitrogens with one attached hydrogen (secondary N) is 2. The second-order valence-electron chi connectivity index (χ2n) is 8.87. The topological polar surface area (TPSA) is 86.8 Å². The van der Waals surface area contributed by atoms with Gasteiger partial charge in [-0.2, -0.15) is 18.3 Å². The summed E-state index contributed by atoms with van der Waals surface area (Å²) in [5.41, 5.74) is 2.74. The van der Waals surface area contributed by atoms with Crippen molar-refractivity contribution in [2.75, 3.05) is 20.1 Å². The van der Waals surface area contributed by atoms with E-state index in [0.717, 1.165) is 22.7 Å². The zero-order valence-corrected chi connectivity index (χ0v) is 19.1. The predicted octanol–water partition coefficient (Wildman–Crippen LogP) is 4.17. The molecule has 1 amide bonds. The van der Waals surface area contributed by atoms with Crippen molar-refractivity contribution in [2.45, 2.75) is 25.1 Å². The lowest BCUT2D eigenvalue weighted by Gasteiger charge is -2.23. The number of fused-ring (bicyclic) bond motifs is 1. The molecule has 2 atom stereocenters. The minimum absolute atomic E-state index is 0.163. The summed E-state index contributed by atoms with van der Waals surface area (Å²) in [4.78, 5) is 23.5. The van der Waals surface area contributed by atoms with Gasteiger partial charge in [0.05, 0.1) is 11.1 Å². The third kappa shape index (κ3) is 4.49. The van der Waals surface area contributed by atoms with E-state index in [9.17, 15) is 18.0 Å². The van der Waals surface area contributed by atoms with Gasteiger partial charge in [0.2, 0.25) is 0 Å². The molecule has 35 heavy (non-hydrogen) atoms. The summed E-state index contributed by atoms with van der Waals surface area (Å²) in [6.07, 6.45) is -1.19. The van der Waals surface area contributed by atoms with Gasteiger partial charge in [0.15, 0.2) is 0 Å². The van der Waals surface area contributed by atoms with Crippen LogP contribution in [0.4, 0.5) is 13.2 Å². The standard InChI is InChI=1S/C25H23F3N6O/c1-14-9-15(7-8-29-14)23-17-11-30-21(10-20(17)32-33-23)24(35)31-22-13-34(2)12-18(22)16-5-3-4-6-19(16)25(26,27)28/h3-11,18,22H,12-13H2,1-2H3,(H,31,35)(H,32,33). The fourth-order valence-electron chi connectivity index (χ4n) is 4.73. The SMILES string of the molecule is Cc1cc(-c2n[nH]c3cc(C(=O)NC4CN(C)CC4c4ccccc4C(F)(F)F)ncc23)ccn1. The monoisotopic (exact) mass is 480 g/mol. The number of H-pyrrole nitrogens is 1.